The molecule has 8 nitrogen and oxygen atoms in total. The molecular formula is C25H22N6O2. The van der Waals surface area contributed by atoms with Gasteiger partial charge < -0.3 is 9.64 Å². The number of tetrazole rings is 1. The Morgan fingerprint density at radius 3 is 2.61 bits per heavy atom. The fourth-order valence-electron chi connectivity index (χ4n) is 4.02. The Balaban J connectivity index is 1.60. The Labute approximate surface area is 190 Å². The lowest BCUT2D eigenvalue weighted by Gasteiger charge is -2.24. The van der Waals surface area contributed by atoms with Crippen molar-refractivity contribution in [2.75, 3.05) is 7.11 Å². The number of nitrogens with zero attached hydrogens (tertiary/aromatic N) is 6. The van der Waals surface area contributed by atoms with E-state index in [4.69, 9.17) is 4.74 Å². The van der Waals surface area contributed by atoms with Gasteiger partial charge in [-0.1, -0.05) is 29.8 Å². The zero-order valence-electron chi connectivity index (χ0n) is 18.3. The van der Waals surface area contributed by atoms with Gasteiger partial charge in [0.25, 0.3) is 5.91 Å². The van der Waals surface area contributed by atoms with Crippen LogP contribution in [0.5, 0.6) is 5.75 Å². The summed E-state index contributed by atoms with van der Waals surface area (Å²) < 4.78 is 7.25. The number of hydrogen-bond acceptors (Lipinski definition) is 6. The second kappa shape index (κ2) is 8.66. The van der Waals surface area contributed by atoms with E-state index in [0.717, 1.165) is 33.3 Å². The second-order valence-electron chi connectivity index (χ2n) is 7.86. The van der Waals surface area contributed by atoms with E-state index in [1.807, 2.05) is 43.3 Å². The number of carbonyl (C=O) groups is 1. The average Bonchev–Trinajstić information content (AvgIpc) is 3.34. The maximum atomic E-state index is 13.5. The fraction of sp³-hybridized carbons (Fsp3) is 0.160. The highest BCUT2D eigenvalue weighted by Gasteiger charge is 2.21. The molecule has 33 heavy (non-hydrogen) atoms. The van der Waals surface area contributed by atoms with Gasteiger partial charge in [-0.25, -0.2) is 0 Å². The molecule has 8 heteroatoms. The number of hydrogen-bond donors (Lipinski definition) is 0. The molecule has 2 aromatic carbocycles. The molecule has 0 radical (unpaired) electrons. The number of para-hydroxylation sites is 1. The van der Waals surface area contributed by atoms with Gasteiger partial charge in [0, 0.05) is 41.0 Å². The zero-order chi connectivity index (χ0) is 22.8. The number of rotatable bonds is 6. The number of ether oxygens (including phenoxy) is 1. The van der Waals surface area contributed by atoms with E-state index in [9.17, 15) is 4.79 Å². The van der Waals surface area contributed by atoms with Crippen molar-refractivity contribution >= 4 is 22.5 Å². The van der Waals surface area contributed by atoms with Gasteiger partial charge in [0.2, 0.25) is 0 Å². The number of aryl methyl sites for hydroxylation is 1. The summed E-state index contributed by atoms with van der Waals surface area (Å²) in [6.07, 6.45) is 3.24. The van der Waals surface area contributed by atoms with E-state index in [1.54, 1.807) is 41.1 Å². The van der Waals surface area contributed by atoms with Crippen LogP contribution >= 0.6 is 0 Å². The summed E-state index contributed by atoms with van der Waals surface area (Å²) in [5.41, 5.74) is 5.01. The molecule has 0 spiro atoms. The lowest BCUT2D eigenvalue weighted by Crippen LogP contribution is -2.30. The van der Waals surface area contributed by atoms with Gasteiger partial charge in [-0.3, -0.25) is 9.78 Å². The molecule has 5 rings (SSSR count). The third-order valence-electron chi connectivity index (χ3n) is 5.63. The van der Waals surface area contributed by atoms with Crippen molar-refractivity contribution in [3.05, 3.63) is 95.3 Å². The van der Waals surface area contributed by atoms with E-state index in [-0.39, 0.29) is 5.91 Å². The average molecular weight is 438 g/mol. The predicted octanol–water partition coefficient (Wildman–Crippen LogP) is 3.83. The van der Waals surface area contributed by atoms with E-state index >= 15 is 0 Å². The molecule has 5 aromatic rings. The van der Waals surface area contributed by atoms with Crippen molar-refractivity contribution in [3.63, 3.8) is 0 Å². The van der Waals surface area contributed by atoms with Crippen molar-refractivity contribution in [2.24, 2.45) is 0 Å². The lowest BCUT2D eigenvalue weighted by molar-refractivity contribution is 0.0729. The molecule has 0 fully saturated rings. The number of benzene rings is 2. The van der Waals surface area contributed by atoms with Crippen molar-refractivity contribution in [2.45, 2.75) is 20.0 Å². The lowest BCUT2D eigenvalue weighted by atomic mass is 10.1. The molecule has 0 N–H and O–H groups in total. The molecular weight excluding hydrogens is 416 g/mol. The quantitative estimate of drug-likeness (QED) is 0.401. The molecule has 0 aliphatic heterocycles. The largest absolute Gasteiger partial charge is 0.496 e. The summed E-state index contributed by atoms with van der Waals surface area (Å²) in [7, 11) is 1.63. The van der Waals surface area contributed by atoms with Gasteiger partial charge in [0.05, 0.1) is 19.2 Å². The van der Waals surface area contributed by atoms with Crippen molar-refractivity contribution < 1.29 is 9.53 Å². The number of aromatic nitrogens is 5. The number of fused-ring (bicyclic) bond motifs is 3. The van der Waals surface area contributed by atoms with Gasteiger partial charge in [-0.05, 0) is 53.7 Å². The summed E-state index contributed by atoms with van der Waals surface area (Å²) in [6, 6.07) is 19.3. The van der Waals surface area contributed by atoms with Crippen LogP contribution < -0.4 is 4.74 Å². The Morgan fingerprint density at radius 2 is 1.79 bits per heavy atom. The van der Waals surface area contributed by atoms with Crippen LogP contribution in [0.2, 0.25) is 0 Å². The summed E-state index contributed by atoms with van der Waals surface area (Å²) in [5.74, 6) is 0.617. The van der Waals surface area contributed by atoms with Crippen LogP contribution in [0.3, 0.4) is 0 Å². The standard InChI is InChI=1S/C25H22N6O2/c1-17-7-8-22-20(13-17)14-21(24-27-28-29-31(22)24)16-30(25(32)18-9-11-26-12-10-18)15-19-5-3-4-6-23(19)33-2/h3-14H,15-16H2,1-2H3. The highest BCUT2D eigenvalue weighted by molar-refractivity contribution is 5.94. The summed E-state index contributed by atoms with van der Waals surface area (Å²) in [4.78, 5) is 19.4. The fourth-order valence-corrected chi connectivity index (χ4v) is 4.02. The zero-order valence-corrected chi connectivity index (χ0v) is 18.3. The molecule has 164 valence electrons. The predicted molar refractivity (Wildman–Crippen MR) is 124 cm³/mol. The maximum absolute atomic E-state index is 13.5. The normalized spacial score (nSPS) is 11.1. The third-order valence-corrected chi connectivity index (χ3v) is 5.63. The number of methoxy groups -OCH3 is 1. The van der Waals surface area contributed by atoms with Gasteiger partial charge in [0.15, 0.2) is 5.65 Å². The molecule has 0 bridgehead atoms. The first kappa shape index (κ1) is 20.6. The highest BCUT2D eigenvalue weighted by Crippen LogP contribution is 2.25. The molecule has 0 unspecified atom stereocenters. The third kappa shape index (κ3) is 3.98. The van der Waals surface area contributed by atoms with E-state index in [0.29, 0.717) is 24.3 Å². The van der Waals surface area contributed by atoms with Gasteiger partial charge >= 0.3 is 0 Å². The van der Waals surface area contributed by atoms with Gasteiger partial charge in [-0.2, -0.15) is 4.52 Å². The topological polar surface area (TPSA) is 85.5 Å². The van der Waals surface area contributed by atoms with E-state index in [1.165, 1.54) is 0 Å². The van der Waals surface area contributed by atoms with Crippen molar-refractivity contribution in [1.82, 2.24) is 29.9 Å². The molecule has 1 amide bonds. The van der Waals surface area contributed by atoms with Crippen LogP contribution in [0.4, 0.5) is 0 Å². The van der Waals surface area contributed by atoms with Crippen molar-refractivity contribution in [1.29, 1.82) is 0 Å². The minimum atomic E-state index is -0.113. The van der Waals surface area contributed by atoms with Crippen LogP contribution in [0.25, 0.3) is 16.6 Å². The first-order chi connectivity index (χ1) is 16.1. The Hall–Kier alpha value is -4.33. The molecule has 0 aliphatic rings. The van der Waals surface area contributed by atoms with E-state index in [2.05, 4.69) is 32.6 Å². The van der Waals surface area contributed by atoms with Gasteiger partial charge in [0.1, 0.15) is 5.75 Å². The number of carbonyl (C=O) groups excluding carboxylic acids is 1. The Kier molecular flexibility index (Phi) is 5.40. The van der Waals surface area contributed by atoms with Crippen LogP contribution in [0.1, 0.15) is 27.0 Å². The summed E-state index contributed by atoms with van der Waals surface area (Å²) in [5, 5.41) is 13.3. The van der Waals surface area contributed by atoms with Crippen LogP contribution in [-0.4, -0.2) is 42.9 Å². The SMILES string of the molecule is COc1ccccc1CN(Cc1cc2cc(C)ccc2n2nnnc12)C(=O)c1ccncc1. The van der Waals surface area contributed by atoms with Crippen LogP contribution in [0.15, 0.2) is 73.1 Å². The first-order valence-electron chi connectivity index (χ1n) is 10.6. The molecule has 0 saturated heterocycles. The molecule has 0 aliphatic carbocycles. The van der Waals surface area contributed by atoms with Crippen LogP contribution in [0, 0.1) is 6.92 Å². The first-order valence-corrected chi connectivity index (χ1v) is 10.6. The summed E-state index contributed by atoms with van der Waals surface area (Å²) in [6.45, 7) is 2.74. The number of pyridine rings is 2. The Bertz CT molecular complexity index is 1450. The molecule has 3 heterocycles. The summed E-state index contributed by atoms with van der Waals surface area (Å²) >= 11 is 0. The highest BCUT2D eigenvalue weighted by atomic mass is 16.5. The van der Waals surface area contributed by atoms with E-state index < -0.39 is 0 Å². The molecule has 0 atom stereocenters. The second-order valence-corrected chi connectivity index (χ2v) is 7.86. The maximum Gasteiger partial charge on any atom is 0.254 e. The minimum absolute atomic E-state index is 0.113. The minimum Gasteiger partial charge on any atom is -0.496 e. The molecule has 0 saturated carbocycles. The van der Waals surface area contributed by atoms with Gasteiger partial charge in [-0.15, -0.1) is 5.10 Å². The van der Waals surface area contributed by atoms with Crippen LogP contribution in [-0.2, 0) is 13.1 Å². The van der Waals surface area contributed by atoms with Crippen molar-refractivity contribution in [3.8, 4) is 5.75 Å². The Morgan fingerprint density at radius 1 is 1.00 bits per heavy atom. The monoisotopic (exact) mass is 438 g/mol. The molecule has 3 aromatic heterocycles. The number of amides is 1. The smallest absolute Gasteiger partial charge is 0.254 e.